The van der Waals surface area contributed by atoms with E-state index in [1.165, 1.54) is 0 Å². The summed E-state index contributed by atoms with van der Waals surface area (Å²) < 4.78 is 11.5. The van der Waals surface area contributed by atoms with Crippen LogP contribution in [0.5, 0.6) is 11.5 Å². The minimum Gasteiger partial charge on any atom is -0.497 e. The molecule has 3 nitrogen and oxygen atoms in total. The van der Waals surface area contributed by atoms with Crippen molar-refractivity contribution in [3.63, 3.8) is 0 Å². The Morgan fingerprint density at radius 1 is 0.897 bits per heavy atom. The Morgan fingerprint density at radius 2 is 1.66 bits per heavy atom. The number of ether oxygens (including phenoxy) is 2. The van der Waals surface area contributed by atoms with Crippen LogP contribution in [0.3, 0.4) is 0 Å². The maximum Gasteiger partial charge on any atom is 0.125 e. The first-order chi connectivity index (χ1) is 14.2. The molecule has 0 radical (unpaired) electrons. The normalized spacial score (nSPS) is 12.9. The lowest BCUT2D eigenvalue weighted by atomic mass is 9.81. The molecule has 4 heteroatoms. The molecule has 0 aromatic heterocycles. The van der Waals surface area contributed by atoms with Crippen LogP contribution in [0, 0.1) is 0 Å². The Bertz CT molecular complexity index is 897. The molecule has 0 heterocycles. The van der Waals surface area contributed by atoms with E-state index in [1.807, 2.05) is 78.9 Å². The summed E-state index contributed by atoms with van der Waals surface area (Å²) in [7, 11) is 1.65. The van der Waals surface area contributed by atoms with Gasteiger partial charge in [0.05, 0.1) is 13.7 Å². The van der Waals surface area contributed by atoms with Crippen LogP contribution < -0.4 is 9.47 Å². The van der Waals surface area contributed by atoms with Crippen molar-refractivity contribution in [1.82, 2.24) is 0 Å². The summed E-state index contributed by atoms with van der Waals surface area (Å²) in [5, 5.41) is 13.0. The van der Waals surface area contributed by atoms with E-state index in [9.17, 15) is 5.11 Å². The fourth-order valence-electron chi connectivity index (χ4n) is 3.46. The quantitative estimate of drug-likeness (QED) is 0.314. The topological polar surface area (TPSA) is 38.7 Å². The number of aliphatic hydroxyl groups is 1. The van der Waals surface area contributed by atoms with E-state index in [1.54, 1.807) is 7.11 Å². The van der Waals surface area contributed by atoms with Gasteiger partial charge in [-0.2, -0.15) is 0 Å². The number of methoxy groups -OCH3 is 1. The minimum absolute atomic E-state index is 0.413. The third kappa shape index (κ3) is 5.40. The number of hydrogen-bond donors (Lipinski definition) is 1. The van der Waals surface area contributed by atoms with Crippen LogP contribution >= 0.6 is 15.9 Å². The predicted octanol–water partition coefficient (Wildman–Crippen LogP) is 5.73. The smallest absolute Gasteiger partial charge is 0.125 e. The Morgan fingerprint density at radius 3 is 2.41 bits per heavy atom. The van der Waals surface area contributed by atoms with Gasteiger partial charge in [0.1, 0.15) is 17.1 Å². The molecule has 3 aromatic carbocycles. The monoisotopic (exact) mass is 454 g/mol. The number of benzene rings is 3. The number of hydrogen-bond acceptors (Lipinski definition) is 3. The van der Waals surface area contributed by atoms with Gasteiger partial charge in [0, 0.05) is 17.3 Å². The van der Waals surface area contributed by atoms with Crippen molar-refractivity contribution in [1.29, 1.82) is 0 Å². The number of rotatable bonds is 10. The highest BCUT2D eigenvalue weighted by atomic mass is 79.9. The molecule has 3 aromatic rings. The van der Waals surface area contributed by atoms with E-state index in [0.29, 0.717) is 13.0 Å². The molecular weight excluding hydrogens is 428 g/mol. The molecule has 0 aliphatic rings. The fourth-order valence-corrected chi connectivity index (χ4v) is 3.85. The first kappa shape index (κ1) is 21.4. The number of unbranched alkanes of at least 4 members (excludes halogenated alkanes) is 1. The van der Waals surface area contributed by atoms with Gasteiger partial charge >= 0.3 is 0 Å². The average molecular weight is 455 g/mol. The first-order valence-electron chi connectivity index (χ1n) is 9.86. The van der Waals surface area contributed by atoms with Crippen molar-refractivity contribution in [2.45, 2.75) is 24.9 Å². The molecule has 152 valence electrons. The van der Waals surface area contributed by atoms with Crippen LogP contribution in [0.2, 0.25) is 0 Å². The van der Waals surface area contributed by atoms with Gasteiger partial charge in [-0.1, -0.05) is 76.6 Å². The van der Waals surface area contributed by atoms with Crippen molar-refractivity contribution in [3.8, 4) is 11.5 Å². The van der Waals surface area contributed by atoms with Gasteiger partial charge in [0.2, 0.25) is 0 Å². The zero-order valence-electron chi connectivity index (χ0n) is 16.7. The van der Waals surface area contributed by atoms with Crippen molar-refractivity contribution in [2.24, 2.45) is 0 Å². The Balaban J connectivity index is 2.00. The van der Waals surface area contributed by atoms with E-state index in [2.05, 4.69) is 15.9 Å². The molecule has 29 heavy (non-hydrogen) atoms. The van der Waals surface area contributed by atoms with Gasteiger partial charge < -0.3 is 14.6 Å². The lowest BCUT2D eigenvalue weighted by Gasteiger charge is -2.31. The molecule has 0 amide bonds. The molecule has 1 atom stereocenters. The summed E-state index contributed by atoms with van der Waals surface area (Å²) in [6, 6.07) is 25.4. The fraction of sp³-hybridized carbons (Fsp3) is 0.280. The van der Waals surface area contributed by atoms with Gasteiger partial charge in [-0.3, -0.25) is 0 Å². The van der Waals surface area contributed by atoms with Gasteiger partial charge in [0.25, 0.3) is 0 Å². The molecule has 0 bridgehead atoms. The van der Waals surface area contributed by atoms with Gasteiger partial charge in [-0.05, 0) is 42.2 Å². The second-order valence-electron chi connectivity index (χ2n) is 7.00. The third-order valence-electron chi connectivity index (χ3n) is 4.96. The maximum absolute atomic E-state index is 12.0. The molecule has 0 saturated heterocycles. The van der Waals surface area contributed by atoms with Crippen LogP contribution in [0.4, 0.5) is 0 Å². The number of para-hydroxylation sites is 1. The van der Waals surface area contributed by atoms with Crippen LogP contribution in [0.1, 0.15) is 29.5 Å². The summed E-state index contributed by atoms with van der Waals surface area (Å²) in [6.45, 7) is 0.618. The maximum atomic E-state index is 12.0. The number of halogens is 1. The second-order valence-corrected chi connectivity index (χ2v) is 7.79. The Kier molecular flexibility index (Phi) is 7.73. The van der Waals surface area contributed by atoms with Crippen molar-refractivity contribution in [3.05, 3.63) is 95.6 Å². The van der Waals surface area contributed by atoms with Crippen LogP contribution in [-0.2, 0) is 12.0 Å². The lowest BCUT2D eigenvalue weighted by molar-refractivity contribution is 0.0771. The summed E-state index contributed by atoms with van der Waals surface area (Å²) in [5.41, 5.74) is 1.37. The van der Waals surface area contributed by atoms with Crippen LogP contribution in [0.25, 0.3) is 0 Å². The van der Waals surface area contributed by atoms with Crippen molar-refractivity contribution < 1.29 is 14.6 Å². The first-order valence-corrected chi connectivity index (χ1v) is 11.0. The van der Waals surface area contributed by atoms with Crippen LogP contribution in [0.15, 0.2) is 78.9 Å². The summed E-state index contributed by atoms with van der Waals surface area (Å²) >= 11 is 3.46. The Hall–Kier alpha value is -2.30. The summed E-state index contributed by atoms with van der Waals surface area (Å²) in [6.07, 6.45) is 2.42. The highest BCUT2D eigenvalue weighted by molar-refractivity contribution is 9.09. The standard InChI is InChI=1S/C25H27BrO3/c1-28-22-13-9-10-20(18-22)19-25(27,21-11-3-2-4-12-21)23-14-5-6-15-24(23)29-17-8-7-16-26/h2-6,9-15,18,27H,7-8,16-17,19H2,1H3. The van der Waals surface area contributed by atoms with E-state index in [0.717, 1.165) is 46.4 Å². The van der Waals surface area contributed by atoms with E-state index < -0.39 is 5.60 Å². The lowest BCUT2D eigenvalue weighted by Crippen LogP contribution is -2.31. The van der Waals surface area contributed by atoms with E-state index in [4.69, 9.17) is 9.47 Å². The van der Waals surface area contributed by atoms with Gasteiger partial charge in [0.15, 0.2) is 0 Å². The SMILES string of the molecule is COc1cccc(CC(O)(c2ccccc2)c2ccccc2OCCCCBr)c1. The zero-order valence-corrected chi connectivity index (χ0v) is 18.3. The second kappa shape index (κ2) is 10.5. The van der Waals surface area contributed by atoms with Crippen molar-refractivity contribution in [2.75, 3.05) is 19.0 Å². The molecule has 1 N–H and O–H groups in total. The largest absolute Gasteiger partial charge is 0.497 e. The van der Waals surface area contributed by atoms with Crippen molar-refractivity contribution >= 4 is 15.9 Å². The molecule has 0 spiro atoms. The minimum atomic E-state index is -1.22. The van der Waals surface area contributed by atoms with E-state index in [-0.39, 0.29) is 0 Å². The molecule has 0 aliphatic carbocycles. The van der Waals surface area contributed by atoms with E-state index >= 15 is 0 Å². The molecule has 1 unspecified atom stereocenters. The predicted molar refractivity (Wildman–Crippen MR) is 121 cm³/mol. The van der Waals surface area contributed by atoms with Gasteiger partial charge in [-0.15, -0.1) is 0 Å². The summed E-state index contributed by atoms with van der Waals surface area (Å²) in [4.78, 5) is 0. The molecule has 0 aliphatic heterocycles. The highest BCUT2D eigenvalue weighted by Gasteiger charge is 2.34. The molecule has 3 rings (SSSR count). The average Bonchev–Trinajstić information content (AvgIpc) is 2.77. The third-order valence-corrected chi connectivity index (χ3v) is 5.52. The highest BCUT2D eigenvalue weighted by Crippen LogP contribution is 2.39. The molecule has 0 fully saturated rings. The molecule has 0 saturated carbocycles. The summed E-state index contributed by atoms with van der Waals surface area (Å²) in [5.74, 6) is 1.49. The number of alkyl halides is 1. The Labute approximate surface area is 181 Å². The van der Waals surface area contributed by atoms with Gasteiger partial charge in [-0.25, -0.2) is 0 Å². The van der Waals surface area contributed by atoms with Crippen LogP contribution in [-0.4, -0.2) is 24.2 Å². The molecular formula is C25H27BrO3. The zero-order chi connectivity index (χ0) is 20.5.